The molecule has 1 fully saturated rings. The highest BCUT2D eigenvalue weighted by molar-refractivity contribution is 7.91. The summed E-state index contributed by atoms with van der Waals surface area (Å²) >= 11 is 1.53. The second-order valence-corrected chi connectivity index (χ2v) is 7.90. The second-order valence-electron chi connectivity index (χ2n) is 4.70. The number of anilines is 1. The molecule has 1 saturated heterocycles. The lowest BCUT2D eigenvalue weighted by Crippen LogP contribution is -2.40. The van der Waals surface area contributed by atoms with E-state index in [2.05, 4.69) is 20.3 Å². The molecule has 0 aromatic carbocycles. The Morgan fingerprint density at radius 3 is 2.80 bits per heavy atom. The van der Waals surface area contributed by atoms with Gasteiger partial charge in [-0.3, -0.25) is 4.90 Å². The van der Waals surface area contributed by atoms with Crippen molar-refractivity contribution in [1.82, 2.24) is 14.9 Å². The number of hydrogen-bond acceptors (Lipinski definition) is 8. The van der Waals surface area contributed by atoms with Gasteiger partial charge >= 0.3 is 0 Å². The Morgan fingerprint density at radius 2 is 2.10 bits per heavy atom. The van der Waals surface area contributed by atoms with Crippen molar-refractivity contribution in [2.24, 2.45) is 5.84 Å². The summed E-state index contributed by atoms with van der Waals surface area (Å²) in [5, 5.41) is 2.85. The zero-order valence-electron chi connectivity index (χ0n) is 10.7. The summed E-state index contributed by atoms with van der Waals surface area (Å²) in [4.78, 5) is 11.8. The van der Waals surface area contributed by atoms with E-state index in [-0.39, 0.29) is 11.5 Å². The minimum atomic E-state index is -2.86. The van der Waals surface area contributed by atoms with Crippen LogP contribution in [0, 0.1) is 0 Å². The van der Waals surface area contributed by atoms with Crippen molar-refractivity contribution in [1.29, 1.82) is 0 Å². The molecule has 20 heavy (non-hydrogen) atoms. The van der Waals surface area contributed by atoms with Crippen LogP contribution in [0.3, 0.4) is 0 Å². The van der Waals surface area contributed by atoms with Crippen LogP contribution in [0.25, 0.3) is 10.2 Å². The van der Waals surface area contributed by atoms with Crippen LogP contribution in [0.4, 0.5) is 5.82 Å². The highest BCUT2D eigenvalue weighted by atomic mass is 32.2. The molecule has 2 aromatic rings. The molecule has 0 spiro atoms. The molecule has 7 nitrogen and oxygen atoms in total. The topological polar surface area (TPSA) is 101 Å². The van der Waals surface area contributed by atoms with Gasteiger partial charge in [0.2, 0.25) is 0 Å². The van der Waals surface area contributed by atoms with Gasteiger partial charge < -0.3 is 5.43 Å². The average molecular weight is 313 g/mol. The fourth-order valence-corrected chi connectivity index (χ4v) is 4.25. The number of nitrogens with one attached hydrogen (secondary N) is 1. The normalized spacial score (nSPS) is 19.2. The molecule has 1 aliphatic heterocycles. The van der Waals surface area contributed by atoms with Gasteiger partial charge in [0.15, 0.2) is 15.7 Å². The number of aromatic nitrogens is 2. The number of thiophene rings is 1. The third kappa shape index (κ3) is 2.75. The van der Waals surface area contributed by atoms with E-state index in [4.69, 9.17) is 5.84 Å². The lowest BCUT2D eigenvalue weighted by molar-refractivity contribution is 0.281. The maximum atomic E-state index is 11.4. The van der Waals surface area contributed by atoms with Gasteiger partial charge in [0.05, 0.1) is 23.4 Å². The second kappa shape index (κ2) is 5.24. The van der Waals surface area contributed by atoms with Crippen LogP contribution in [0.2, 0.25) is 0 Å². The van der Waals surface area contributed by atoms with Crippen LogP contribution in [-0.2, 0) is 16.4 Å². The van der Waals surface area contributed by atoms with Crippen LogP contribution in [0.1, 0.15) is 5.82 Å². The van der Waals surface area contributed by atoms with Crippen molar-refractivity contribution in [2.45, 2.75) is 6.54 Å². The number of fused-ring (bicyclic) bond motifs is 1. The summed E-state index contributed by atoms with van der Waals surface area (Å²) in [6.07, 6.45) is 0. The van der Waals surface area contributed by atoms with Gasteiger partial charge in [-0.15, -0.1) is 11.3 Å². The van der Waals surface area contributed by atoms with Crippen molar-refractivity contribution < 1.29 is 8.42 Å². The number of hydrogen-bond donors (Lipinski definition) is 2. The molecule has 0 bridgehead atoms. The standard InChI is InChI=1S/C11H15N5O2S2/c12-15-10-8-1-4-19-11(8)14-9(13-10)7-16-2-5-20(17,18)6-3-16/h1,4H,2-3,5-7,12H2,(H,13,14,15). The SMILES string of the molecule is NNc1nc(CN2CCS(=O)(=O)CC2)nc2sccc12. The van der Waals surface area contributed by atoms with Gasteiger partial charge in [0.25, 0.3) is 0 Å². The molecule has 0 saturated carbocycles. The van der Waals surface area contributed by atoms with Crippen molar-refractivity contribution in [2.75, 3.05) is 30.0 Å². The first-order valence-corrected chi connectivity index (χ1v) is 8.91. The molecular weight excluding hydrogens is 298 g/mol. The Balaban J connectivity index is 1.81. The zero-order valence-corrected chi connectivity index (χ0v) is 12.4. The van der Waals surface area contributed by atoms with E-state index in [1.807, 2.05) is 11.4 Å². The molecule has 0 amide bonds. The Labute approximate surface area is 120 Å². The minimum absolute atomic E-state index is 0.205. The van der Waals surface area contributed by atoms with Crippen molar-refractivity contribution >= 4 is 37.2 Å². The van der Waals surface area contributed by atoms with E-state index in [0.717, 1.165) is 10.2 Å². The first-order chi connectivity index (χ1) is 9.57. The predicted octanol–water partition coefficient (Wildman–Crippen LogP) is 0.207. The third-order valence-electron chi connectivity index (χ3n) is 3.31. The van der Waals surface area contributed by atoms with Crippen LogP contribution in [0.15, 0.2) is 11.4 Å². The largest absolute Gasteiger partial charge is 0.308 e. The first kappa shape index (κ1) is 13.7. The fourth-order valence-electron chi connectivity index (χ4n) is 2.19. The summed E-state index contributed by atoms with van der Waals surface area (Å²) in [7, 11) is -2.86. The molecule has 3 rings (SSSR count). The monoisotopic (exact) mass is 313 g/mol. The van der Waals surface area contributed by atoms with Gasteiger partial charge in [-0.25, -0.2) is 24.2 Å². The fraction of sp³-hybridized carbons (Fsp3) is 0.455. The zero-order chi connectivity index (χ0) is 14.2. The lowest BCUT2D eigenvalue weighted by atomic mass is 10.3. The Bertz CT molecular complexity index is 713. The molecule has 3 N–H and O–H groups in total. The molecular formula is C11H15N5O2S2. The van der Waals surface area contributed by atoms with E-state index >= 15 is 0 Å². The molecule has 9 heteroatoms. The van der Waals surface area contributed by atoms with E-state index < -0.39 is 9.84 Å². The van der Waals surface area contributed by atoms with Crippen LogP contribution < -0.4 is 11.3 Å². The van der Waals surface area contributed by atoms with Crippen molar-refractivity contribution in [3.8, 4) is 0 Å². The van der Waals surface area contributed by atoms with E-state index in [0.29, 0.717) is 31.3 Å². The maximum Gasteiger partial charge on any atom is 0.152 e. The number of nitrogen functional groups attached to an aromatic ring is 1. The van der Waals surface area contributed by atoms with Crippen molar-refractivity contribution in [3.05, 3.63) is 17.3 Å². The average Bonchev–Trinajstić information content (AvgIpc) is 2.88. The maximum absolute atomic E-state index is 11.4. The van der Waals surface area contributed by atoms with Crippen LogP contribution in [-0.4, -0.2) is 47.9 Å². The molecule has 0 aliphatic carbocycles. The van der Waals surface area contributed by atoms with Crippen molar-refractivity contribution in [3.63, 3.8) is 0 Å². The predicted molar refractivity (Wildman–Crippen MR) is 79.2 cm³/mol. The van der Waals surface area contributed by atoms with Gasteiger partial charge in [-0.05, 0) is 11.4 Å². The van der Waals surface area contributed by atoms with E-state index in [1.165, 1.54) is 11.3 Å². The number of hydrazine groups is 1. The molecule has 0 radical (unpaired) electrons. The Morgan fingerprint density at radius 1 is 1.35 bits per heavy atom. The molecule has 0 unspecified atom stereocenters. The molecule has 2 aromatic heterocycles. The molecule has 3 heterocycles. The van der Waals surface area contributed by atoms with Crippen LogP contribution in [0.5, 0.6) is 0 Å². The van der Waals surface area contributed by atoms with Crippen LogP contribution >= 0.6 is 11.3 Å². The van der Waals surface area contributed by atoms with Gasteiger partial charge in [0, 0.05) is 13.1 Å². The highest BCUT2D eigenvalue weighted by Gasteiger charge is 2.22. The first-order valence-electron chi connectivity index (χ1n) is 6.21. The van der Waals surface area contributed by atoms with E-state index in [1.54, 1.807) is 0 Å². The highest BCUT2D eigenvalue weighted by Crippen LogP contribution is 2.24. The summed E-state index contributed by atoms with van der Waals surface area (Å²) in [5.74, 6) is 7.16. The minimum Gasteiger partial charge on any atom is -0.308 e. The van der Waals surface area contributed by atoms with Gasteiger partial charge in [0.1, 0.15) is 10.7 Å². The van der Waals surface area contributed by atoms with E-state index in [9.17, 15) is 8.42 Å². The Hall–Kier alpha value is -1.29. The number of nitrogens with two attached hydrogens (primary N) is 1. The summed E-state index contributed by atoms with van der Waals surface area (Å²) in [6.45, 7) is 1.59. The quantitative estimate of drug-likeness (QED) is 0.617. The molecule has 108 valence electrons. The molecule has 0 atom stereocenters. The number of sulfone groups is 1. The number of rotatable bonds is 3. The number of nitrogens with zero attached hydrogens (tertiary/aromatic N) is 3. The van der Waals surface area contributed by atoms with Gasteiger partial charge in [-0.2, -0.15) is 0 Å². The lowest BCUT2D eigenvalue weighted by Gasteiger charge is -2.25. The summed E-state index contributed by atoms with van der Waals surface area (Å²) < 4.78 is 22.8. The summed E-state index contributed by atoms with van der Waals surface area (Å²) in [6, 6.07) is 1.92. The third-order valence-corrected chi connectivity index (χ3v) is 5.73. The Kier molecular flexibility index (Phi) is 3.59. The summed E-state index contributed by atoms with van der Waals surface area (Å²) in [5.41, 5.74) is 2.59. The smallest absolute Gasteiger partial charge is 0.152 e. The molecule has 1 aliphatic rings. The van der Waals surface area contributed by atoms with Gasteiger partial charge in [-0.1, -0.05) is 0 Å².